The SMILES string of the molecule is CCN[C]1C(NCC)C1(C)Cl. The van der Waals surface area contributed by atoms with Crippen LogP contribution in [-0.2, 0) is 0 Å². The van der Waals surface area contributed by atoms with E-state index in [4.69, 9.17) is 11.6 Å². The van der Waals surface area contributed by atoms with E-state index in [0.717, 1.165) is 13.1 Å². The predicted octanol–water partition coefficient (Wildman–Crippen LogP) is 1.12. The van der Waals surface area contributed by atoms with Gasteiger partial charge in [0.05, 0.1) is 10.9 Å². The van der Waals surface area contributed by atoms with Crippen molar-refractivity contribution in [1.82, 2.24) is 10.6 Å². The molecule has 0 aliphatic heterocycles. The van der Waals surface area contributed by atoms with Gasteiger partial charge in [0.2, 0.25) is 0 Å². The summed E-state index contributed by atoms with van der Waals surface area (Å²) in [6.45, 7) is 8.15. The largest absolute Gasteiger partial charge is 0.311 e. The molecule has 2 nitrogen and oxygen atoms in total. The van der Waals surface area contributed by atoms with Gasteiger partial charge in [0, 0.05) is 6.04 Å². The van der Waals surface area contributed by atoms with Crippen molar-refractivity contribution in [3.63, 3.8) is 0 Å². The van der Waals surface area contributed by atoms with Gasteiger partial charge in [0.15, 0.2) is 0 Å². The molecular formula is C8H16ClN2. The van der Waals surface area contributed by atoms with E-state index < -0.39 is 0 Å². The molecule has 1 radical (unpaired) electrons. The lowest BCUT2D eigenvalue weighted by Gasteiger charge is -1.97. The summed E-state index contributed by atoms with van der Waals surface area (Å²) in [5, 5.41) is 6.58. The van der Waals surface area contributed by atoms with Crippen molar-refractivity contribution in [2.75, 3.05) is 13.1 Å². The lowest BCUT2D eigenvalue weighted by Crippen LogP contribution is -2.23. The predicted molar refractivity (Wildman–Crippen MR) is 48.6 cm³/mol. The third kappa shape index (κ3) is 1.68. The average molecular weight is 176 g/mol. The van der Waals surface area contributed by atoms with Crippen molar-refractivity contribution < 1.29 is 0 Å². The van der Waals surface area contributed by atoms with Crippen molar-refractivity contribution in [3.8, 4) is 0 Å². The zero-order chi connectivity index (χ0) is 8.48. The molecule has 11 heavy (non-hydrogen) atoms. The molecule has 2 atom stereocenters. The van der Waals surface area contributed by atoms with Gasteiger partial charge < -0.3 is 10.6 Å². The Morgan fingerprint density at radius 1 is 1.45 bits per heavy atom. The van der Waals surface area contributed by atoms with Gasteiger partial charge >= 0.3 is 0 Å². The second kappa shape index (κ2) is 3.30. The van der Waals surface area contributed by atoms with Crippen LogP contribution in [0.15, 0.2) is 0 Å². The molecule has 1 aliphatic carbocycles. The molecule has 0 amide bonds. The molecule has 1 fully saturated rings. The summed E-state index contributed by atoms with van der Waals surface area (Å²) in [4.78, 5) is -0.147. The first-order valence-electron chi connectivity index (χ1n) is 4.18. The molecule has 0 heterocycles. The van der Waals surface area contributed by atoms with Crippen LogP contribution >= 0.6 is 11.6 Å². The Bertz CT molecular complexity index is 122. The summed E-state index contributed by atoms with van der Waals surface area (Å²) in [5.74, 6) is 0. The lowest BCUT2D eigenvalue weighted by atomic mass is 10.4. The smallest absolute Gasteiger partial charge is 0.0806 e. The summed E-state index contributed by atoms with van der Waals surface area (Å²) in [5.41, 5.74) is 0. The highest BCUT2D eigenvalue weighted by molar-refractivity contribution is 6.29. The fourth-order valence-corrected chi connectivity index (χ4v) is 1.68. The average Bonchev–Trinajstić information content (AvgIpc) is 2.41. The first-order chi connectivity index (χ1) is 5.14. The monoisotopic (exact) mass is 175 g/mol. The van der Waals surface area contributed by atoms with Crippen LogP contribution in [0.1, 0.15) is 20.8 Å². The summed E-state index contributed by atoms with van der Waals surface area (Å²) in [6, 6.07) is 1.61. The molecule has 1 aliphatic rings. The van der Waals surface area contributed by atoms with Crippen LogP contribution in [0.4, 0.5) is 0 Å². The van der Waals surface area contributed by atoms with E-state index in [9.17, 15) is 0 Å². The minimum Gasteiger partial charge on any atom is -0.311 e. The Balaban J connectivity index is 2.34. The first-order valence-corrected chi connectivity index (χ1v) is 4.55. The molecule has 0 aromatic rings. The molecule has 0 aromatic carbocycles. The Kier molecular flexibility index (Phi) is 2.79. The number of nitrogens with one attached hydrogen (secondary N) is 2. The molecule has 0 spiro atoms. The van der Waals surface area contributed by atoms with Crippen LogP contribution in [0.25, 0.3) is 0 Å². The Morgan fingerprint density at radius 3 is 2.55 bits per heavy atom. The molecule has 65 valence electrons. The quantitative estimate of drug-likeness (QED) is 0.626. The zero-order valence-electron chi connectivity index (χ0n) is 7.37. The maximum absolute atomic E-state index is 6.17. The fourth-order valence-electron chi connectivity index (χ4n) is 1.38. The third-order valence-corrected chi connectivity index (χ3v) is 2.47. The highest BCUT2D eigenvalue weighted by Crippen LogP contribution is 2.49. The Morgan fingerprint density at radius 2 is 2.09 bits per heavy atom. The van der Waals surface area contributed by atoms with Gasteiger partial charge in [0.1, 0.15) is 0 Å². The minimum absolute atomic E-state index is 0.147. The molecule has 0 aromatic heterocycles. The number of likely N-dealkylation sites (N-methyl/N-ethyl adjacent to an activating group) is 2. The molecule has 2 unspecified atom stereocenters. The normalized spacial score (nSPS) is 37.6. The fraction of sp³-hybridized carbons (Fsp3) is 0.875. The van der Waals surface area contributed by atoms with Gasteiger partial charge in [-0.3, -0.25) is 0 Å². The number of halogens is 1. The summed E-state index contributed by atoms with van der Waals surface area (Å²) in [6.07, 6.45) is 0. The minimum atomic E-state index is -0.147. The lowest BCUT2D eigenvalue weighted by molar-refractivity contribution is 0.681. The number of hydrogen-bond acceptors (Lipinski definition) is 2. The number of alkyl halides is 1. The van der Waals surface area contributed by atoms with Crippen molar-refractivity contribution in [2.45, 2.75) is 31.7 Å². The van der Waals surface area contributed by atoms with Crippen LogP contribution < -0.4 is 10.6 Å². The second-order valence-electron chi connectivity index (χ2n) is 3.01. The Hall–Kier alpha value is 0.210. The van der Waals surface area contributed by atoms with Crippen LogP contribution in [0.2, 0.25) is 0 Å². The maximum atomic E-state index is 6.17. The molecular weight excluding hydrogens is 160 g/mol. The van der Waals surface area contributed by atoms with E-state index in [-0.39, 0.29) is 4.87 Å². The van der Waals surface area contributed by atoms with Crippen molar-refractivity contribution in [3.05, 3.63) is 6.04 Å². The van der Waals surface area contributed by atoms with Crippen LogP contribution in [0, 0.1) is 6.04 Å². The third-order valence-electron chi connectivity index (χ3n) is 2.05. The van der Waals surface area contributed by atoms with Crippen molar-refractivity contribution in [1.29, 1.82) is 0 Å². The maximum Gasteiger partial charge on any atom is 0.0806 e. The van der Waals surface area contributed by atoms with Gasteiger partial charge in [-0.2, -0.15) is 0 Å². The van der Waals surface area contributed by atoms with Gasteiger partial charge in [-0.15, -0.1) is 11.6 Å². The Labute approximate surface area is 73.7 Å². The zero-order valence-corrected chi connectivity index (χ0v) is 8.13. The molecule has 1 saturated carbocycles. The van der Waals surface area contributed by atoms with Gasteiger partial charge in [-0.05, 0) is 20.0 Å². The summed E-state index contributed by atoms with van der Waals surface area (Å²) >= 11 is 6.17. The standard InChI is InChI=1S/C8H16ClN2/c1-4-10-6-7(11-5-2)8(6,3)9/h6,10-11H,4-5H2,1-3H3. The molecule has 2 N–H and O–H groups in total. The summed E-state index contributed by atoms with van der Waals surface area (Å²) < 4.78 is 0. The van der Waals surface area contributed by atoms with Gasteiger partial charge in [-0.1, -0.05) is 13.8 Å². The van der Waals surface area contributed by atoms with E-state index in [1.165, 1.54) is 6.04 Å². The highest BCUT2D eigenvalue weighted by atomic mass is 35.5. The molecule has 3 heteroatoms. The molecule has 0 saturated heterocycles. The van der Waals surface area contributed by atoms with Crippen LogP contribution in [-0.4, -0.2) is 24.0 Å². The number of hydrogen-bond donors (Lipinski definition) is 2. The van der Waals surface area contributed by atoms with E-state index in [0.29, 0.717) is 6.04 Å². The van der Waals surface area contributed by atoms with E-state index in [2.05, 4.69) is 24.5 Å². The van der Waals surface area contributed by atoms with Gasteiger partial charge in [-0.25, -0.2) is 0 Å². The first kappa shape index (κ1) is 9.30. The van der Waals surface area contributed by atoms with E-state index in [1.807, 2.05) is 6.92 Å². The molecule has 1 rings (SSSR count). The van der Waals surface area contributed by atoms with Crippen molar-refractivity contribution >= 4 is 11.6 Å². The second-order valence-corrected chi connectivity index (χ2v) is 3.80. The van der Waals surface area contributed by atoms with Crippen LogP contribution in [0.5, 0.6) is 0 Å². The summed E-state index contributed by atoms with van der Waals surface area (Å²) in [7, 11) is 0. The van der Waals surface area contributed by atoms with Crippen molar-refractivity contribution in [2.24, 2.45) is 0 Å². The van der Waals surface area contributed by atoms with E-state index >= 15 is 0 Å². The highest BCUT2D eigenvalue weighted by Gasteiger charge is 2.60. The van der Waals surface area contributed by atoms with E-state index in [1.54, 1.807) is 0 Å². The number of rotatable bonds is 4. The molecule has 0 bridgehead atoms. The topological polar surface area (TPSA) is 24.1 Å². The van der Waals surface area contributed by atoms with Gasteiger partial charge in [0.25, 0.3) is 0 Å². The van der Waals surface area contributed by atoms with Crippen LogP contribution in [0.3, 0.4) is 0 Å².